The van der Waals surface area contributed by atoms with E-state index >= 15 is 0 Å². The molecule has 4 aromatic rings. The summed E-state index contributed by atoms with van der Waals surface area (Å²) in [6.45, 7) is 1.78. The summed E-state index contributed by atoms with van der Waals surface area (Å²) in [7, 11) is 3.13. The van der Waals surface area contributed by atoms with E-state index in [1.165, 1.54) is 47.4 Å². The maximum Gasteiger partial charge on any atom is 0.270 e. The van der Waals surface area contributed by atoms with E-state index in [1.807, 2.05) is 23.6 Å². The second-order valence-electron chi connectivity index (χ2n) is 8.15. The molecule has 4 rings (SSSR count). The van der Waals surface area contributed by atoms with Crippen LogP contribution >= 0.6 is 23.1 Å². The van der Waals surface area contributed by atoms with Gasteiger partial charge < -0.3 is 20.1 Å². The van der Waals surface area contributed by atoms with E-state index in [4.69, 9.17) is 9.47 Å². The smallest absolute Gasteiger partial charge is 0.270 e. The van der Waals surface area contributed by atoms with Crippen molar-refractivity contribution in [3.05, 3.63) is 87.8 Å². The van der Waals surface area contributed by atoms with Crippen LogP contribution < -0.4 is 20.1 Å². The van der Waals surface area contributed by atoms with Gasteiger partial charge in [0.15, 0.2) is 16.6 Å². The first-order valence-electron chi connectivity index (χ1n) is 11.6. The Labute approximate surface area is 232 Å². The lowest BCUT2D eigenvalue weighted by atomic mass is 10.1. The number of methoxy groups -OCH3 is 2. The maximum absolute atomic E-state index is 12.9. The summed E-state index contributed by atoms with van der Waals surface area (Å²) in [5.41, 5.74) is 2.04. The highest BCUT2D eigenvalue weighted by Gasteiger charge is 2.18. The number of carbonyl (C=O) groups excluding carboxylic acids is 2. The van der Waals surface area contributed by atoms with Gasteiger partial charge in [0.25, 0.3) is 11.6 Å². The predicted octanol–water partition coefficient (Wildman–Crippen LogP) is 6.11. The van der Waals surface area contributed by atoms with Crippen LogP contribution in [-0.4, -0.2) is 41.2 Å². The Bertz CT molecular complexity index is 1520. The summed E-state index contributed by atoms with van der Waals surface area (Å²) in [6.07, 6.45) is 0. The van der Waals surface area contributed by atoms with Gasteiger partial charge in [-0.05, 0) is 49.4 Å². The van der Waals surface area contributed by atoms with Crippen molar-refractivity contribution in [3.8, 4) is 22.8 Å². The van der Waals surface area contributed by atoms with Crippen LogP contribution in [0.4, 0.5) is 16.5 Å². The highest BCUT2D eigenvalue weighted by atomic mass is 32.2. The predicted molar refractivity (Wildman–Crippen MR) is 152 cm³/mol. The molecule has 200 valence electrons. The topological polar surface area (TPSA) is 133 Å². The van der Waals surface area contributed by atoms with Crippen LogP contribution in [0.3, 0.4) is 0 Å². The van der Waals surface area contributed by atoms with E-state index in [9.17, 15) is 19.7 Å². The molecule has 12 heteroatoms. The van der Waals surface area contributed by atoms with E-state index in [0.717, 1.165) is 10.5 Å². The van der Waals surface area contributed by atoms with Crippen LogP contribution in [0.2, 0.25) is 0 Å². The van der Waals surface area contributed by atoms with Crippen LogP contribution in [0.15, 0.2) is 77.0 Å². The number of carbonyl (C=O) groups is 2. The van der Waals surface area contributed by atoms with Crippen molar-refractivity contribution in [2.75, 3.05) is 24.9 Å². The van der Waals surface area contributed by atoms with Crippen molar-refractivity contribution in [1.82, 2.24) is 4.98 Å². The number of aromatic nitrogens is 1. The van der Waals surface area contributed by atoms with Gasteiger partial charge >= 0.3 is 0 Å². The van der Waals surface area contributed by atoms with Gasteiger partial charge in [-0.2, -0.15) is 0 Å². The number of nitrogens with zero attached hydrogens (tertiary/aromatic N) is 2. The van der Waals surface area contributed by atoms with Gasteiger partial charge in [-0.1, -0.05) is 12.1 Å². The van der Waals surface area contributed by atoms with Gasteiger partial charge in [0, 0.05) is 39.2 Å². The molecule has 2 amide bonds. The lowest BCUT2D eigenvalue weighted by molar-refractivity contribution is -0.384. The van der Waals surface area contributed by atoms with Crippen LogP contribution in [-0.2, 0) is 4.79 Å². The lowest BCUT2D eigenvalue weighted by Gasteiger charge is -2.12. The second kappa shape index (κ2) is 12.4. The van der Waals surface area contributed by atoms with E-state index < -0.39 is 16.1 Å². The second-order valence-corrected chi connectivity index (χ2v) is 10.4. The van der Waals surface area contributed by atoms with Gasteiger partial charge in [-0.3, -0.25) is 19.7 Å². The number of anilines is 2. The minimum atomic E-state index is -0.552. The third-order valence-corrected chi connectivity index (χ3v) is 7.36. The zero-order chi connectivity index (χ0) is 27.9. The fourth-order valence-corrected chi connectivity index (χ4v) is 5.18. The number of ether oxygens (including phenoxy) is 2. The molecule has 0 spiro atoms. The molecule has 0 saturated heterocycles. The van der Waals surface area contributed by atoms with Crippen LogP contribution in [0.5, 0.6) is 11.5 Å². The highest BCUT2D eigenvalue weighted by Crippen LogP contribution is 2.34. The van der Waals surface area contributed by atoms with Gasteiger partial charge in [0.05, 0.1) is 30.1 Å². The molecule has 0 fully saturated rings. The Morgan fingerprint density at radius 1 is 1.00 bits per heavy atom. The number of amides is 2. The molecule has 0 aliphatic carbocycles. The van der Waals surface area contributed by atoms with Crippen molar-refractivity contribution in [2.24, 2.45) is 0 Å². The van der Waals surface area contributed by atoms with Crippen LogP contribution in [0.25, 0.3) is 11.3 Å². The summed E-state index contributed by atoms with van der Waals surface area (Å²) in [6, 6.07) is 18.0. The number of hydrogen-bond donors (Lipinski definition) is 2. The van der Waals surface area contributed by atoms with Gasteiger partial charge in [0.2, 0.25) is 5.91 Å². The Morgan fingerprint density at radius 2 is 1.77 bits per heavy atom. The summed E-state index contributed by atoms with van der Waals surface area (Å²) in [5.74, 6) is 0.505. The number of thiazole rings is 1. The third kappa shape index (κ3) is 6.92. The monoisotopic (exact) mass is 564 g/mol. The zero-order valence-corrected chi connectivity index (χ0v) is 22.8. The van der Waals surface area contributed by atoms with Crippen molar-refractivity contribution in [1.29, 1.82) is 0 Å². The average molecular weight is 565 g/mol. The average Bonchev–Trinajstić information content (AvgIpc) is 3.41. The Kier molecular flexibility index (Phi) is 8.79. The molecule has 1 atom stereocenters. The van der Waals surface area contributed by atoms with Gasteiger partial charge in [-0.25, -0.2) is 4.98 Å². The fourth-order valence-electron chi connectivity index (χ4n) is 3.54. The van der Waals surface area contributed by atoms with Crippen molar-refractivity contribution in [3.63, 3.8) is 0 Å². The number of non-ortho nitro benzene ring substituents is 1. The molecule has 39 heavy (non-hydrogen) atoms. The minimum Gasteiger partial charge on any atom is -0.493 e. The first-order chi connectivity index (χ1) is 18.8. The van der Waals surface area contributed by atoms with Crippen LogP contribution in [0, 0.1) is 10.1 Å². The molecule has 1 unspecified atom stereocenters. The summed E-state index contributed by atoms with van der Waals surface area (Å²) in [4.78, 5) is 41.2. The van der Waals surface area contributed by atoms with Gasteiger partial charge in [-0.15, -0.1) is 23.1 Å². The molecule has 1 heterocycles. The van der Waals surface area contributed by atoms with E-state index in [2.05, 4.69) is 15.6 Å². The number of benzene rings is 3. The Hall–Kier alpha value is -4.42. The van der Waals surface area contributed by atoms with E-state index in [0.29, 0.717) is 28.0 Å². The molecule has 2 N–H and O–H groups in total. The number of nitrogens with one attached hydrogen (secondary N) is 2. The maximum atomic E-state index is 12.9. The van der Waals surface area contributed by atoms with Crippen molar-refractivity contribution in [2.45, 2.75) is 17.1 Å². The molecule has 0 radical (unpaired) electrons. The van der Waals surface area contributed by atoms with Gasteiger partial charge in [0.1, 0.15) is 0 Å². The highest BCUT2D eigenvalue weighted by molar-refractivity contribution is 8.00. The number of hydrogen-bond acceptors (Lipinski definition) is 9. The van der Waals surface area contributed by atoms with Crippen molar-refractivity contribution < 1.29 is 24.0 Å². The molecule has 0 saturated carbocycles. The standard InChI is InChI=1S/C27H24N4O6S2/c1-16(25(32)30-27-29-22(15-38-27)17-10-11-23(36-2)24(13-17)37-3)39-21-9-5-7-19(14-21)28-26(33)18-6-4-8-20(12-18)31(34)35/h4-16H,1-3H3,(H,28,33)(H,29,30,32). The molecule has 3 aromatic carbocycles. The molecular weight excluding hydrogens is 540 g/mol. The van der Waals surface area contributed by atoms with Crippen molar-refractivity contribution >= 4 is 51.4 Å². The normalized spacial score (nSPS) is 11.4. The number of nitro benzene ring substituents is 1. The SMILES string of the molecule is COc1ccc(-c2csc(NC(=O)C(C)Sc3cccc(NC(=O)c4cccc([N+](=O)[O-])c4)c3)n2)cc1OC. The molecule has 0 bridgehead atoms. The minimum absolute atomic E-state index is 0.164. The third-order valence-electron chi connectivity index (χ3n) is 5.51. The first kappa shape index (κ1) is 27.6. The first-order valence-corrected chi connectivity index (χ1v) is 13.3. The number of thioether (sulfide) groups is 1. The Morgan fingerprint density at radius 3 is 2.51 bits per heavy atom. The fraction of sp³-hybridized carbons (Fsp3) is 0.148. The molecule has 0 aliphatic heterocycles. The Balaban J connectivity index is 1.37. The molecule has 0 aliphatic rings. The van der Waals surface area contributed by atoms with E-state index in [-0.39, 0.29) is 17.2 Å². The molecule has 1 aromatic heterocycles. The van der Waals surface area contributed by atoms with Crippen LogP contribution in [0.1, 0.15) is 17.3 Å². The number of rotatable bonds is 10. The lowest BCUT2D eigenvalue weighted by Crippen LogP contribution is -2.22. The summed E-state index contributed by atoms with van der Waals surface area (Å²) >= 11 is 2.64. The zero-order valence-electron chi connectivity index (χ0n) is 21.2. The number of nitro groups is 1. The summed E-state index contributed by atoms with van der Waals surface area (Å²) in [5, 5.41) is 18.4. The largest absolute Gasteiger partial charge is 0.493 e. The molecule has 10 nitrogen and oxygen atoms in total. The summed E-state index contributed by atoms with van der Waals surface area (Å²) < 4.78 is 10.6. The quantitative estimate of drug-likeness (QED) is 0.134. The molecular formula is C27H24N4O6S2. The van der Waals surface area contributed by atoms with E-state index in [1.54, 1.807) is 45.4 Å².